The van der Waals surface area contributed by atoms with E-state index in [0.29, 0.717) is 13.2 Å². The molecule has 0 fully saturated rings. The molecular weight excluding hydrogens is 500 g/mol. The van der Waals surface area contributed by atoms with Crippen molar-refractivity contribution in [1.29, 1.82) is 0 Å². The van der Waals surface area contributed by atoms with Crippen molar-refractivity contribution in [2.75, 3.05) is 32.1 Å². The Morgan fingerprint density at radius 2 is 1.32 bits per heavy atom. The number of halogens is 1. The Morgan fingerprint density at radius 1 is 0.730 bits per heavy atom. The van der Waals surface area contributed by atoms with Gasteiger partial charge < -0.3 is 19.3 Å². The number of benzene rings is 4. The van der Waals surface area contributed by atoms with E-state index < -0.39 is 0 Å². The minimum absolute atomic E-state index is 0.470. The Kier molecular flexibility index (Phi) is 8.24. The molecule has 4 aromatic carbocycles. The van der Waals surface area contributed by atoms with Gasteiger partial charge in [0.2, 0.25) is 0 Å². The van der Waals surface area contributed by atoms with Gasteiger partial charge in [-0.1, -0.05) is 84.0 Å². The normalized spacial score (nSPS) is 12.3. The second-order valence-corrected chi connectivity index (χ2v) is 10.9. The number of nitrogens with zero attached hydrogens (tertiary/aromatic N) is 2. The number of hydrogen-bond acceptors (Lipinski definition) is 5. The van der Waals surface area contributed by atoms with Crippen LogP contribution in [0.5, 0.6) is 11.5 Å². The number of ether oxygens (including phenoxy) is 2. The minimum atomic E-state index is 0.470. The van der Waals surface area contributed by atoms with Gasteiger partial charge in [-0.25, -0.2) is 0 Å². The Bertz CT molecular complexity index is 1330. The van der Waals surface area contributed by atoms with Crippen molar-refractivity contribution >= 4 is 34.7 Å². The third kappa shape index (κ3) is 6.42. The van der Waals surface area contributed by atoms with Crippen molar-refractivity contribution < 1.29 is 9.47 Å². The van der Waals surface area contributed by atoms with Gasteiger partial charge >= 0.3 is 0 Å². The first-order valence-corrected chi connectivity index (χ1v) is 13.7. The maximum atomic E-state index is 6.44. The first-order chi connectivity index (χ1) is 18.1. The van der Waals surface area contributed by atoms with Crippen LogP contribution in [0, 0.1) is 0 Å². The molecule has 190 valence electrons. The summed E-state index contributed by atoms with van der Waals surface area (Å²) in [6.07, 6.45) is 1.02. The van der Waals surface area contributed by atoms with Crippen LogP contribution < -0.4 is 14.4 Å². The number of anilines is 2. The van der Waals surface area contributed by atoms with Crippen LogP contribution in [0.2, 0.25) is 5.02 Å². The molecule has 0 saturated carbocycles. The standard InChI is InChI=1S/C31H31ClN2O2S/c1-33(2)16-9-17-34-26-18-25(32)14-15-30(26)37-31-20-29(36-22-24-12-7-4-8-13-24)28(19-27(31)34)35-21-23-10-5-3-6-11-23/h3-8,10-15,18-20H,9,16-17,21-22H2,1-2H3. The molecule has 0 unspecified atom stereocenters. The summed E-state index contributed by atoms with van der Waals surface area (Å²) in [4.78, 5) is 6.92. The van der Waals surface area contributed by atoms with Crippen LogP contribution in [0.4, 0.5) is 11.4 Å². The Morgan fingerprint density at radius 3 is 1.95 bits per heavy atom. The second-order valence-electron chi connectivity index (χ2n) is 9.34. The van der Waals surface area contributed by atoms with Crippen molar-refractivity contribution in [1.82, 2.24) is 4.90 Å². The zero-order chi connectivity index (χ0) is 25.6. The van der Waals surface area contributed by atoms with Crippen LogP contribution in [0.3, 0.4) is 0 Å². The number of hydrogen-bond donors (Lipinski definition) is 0. The van der Waals surface area contributed by atoms with E-state index >= 15 is 0 Å². The zero-order valence-electron chi connectivity index (χ0n) is 21.2. The van der Waals surface area contributed by atoms with Crippen LogP contribution in [-0.2, 0) is 13.2 Å². The largest absolute Gasteiger partial charge is 0.485 e. The molecule has 0 saturated heterocycles. The average molecular weight is 531 g/mol. The highest BCUT2D eigenvalue weighted by atomic mass is 35.5. The lowest BCUT2D eigenvalue weighted by molar-refractivity contribution is 0.255. The highest BCUT2D eigenvalue weighted by Crippen LogP contribution is 2.52. The summed E-state index contributed by atoms with van der Waals surface area (Å²) >= 11 is 8.19. The van der Waals surface area contributed by atoms with E-state index in [4.69, 9.17) is 21.1 Å². The highest BCUT2D eigenvalue weighted by Gasteiger charge is 2.26. The summed E-state index contributed by atoms with van der Waals surface area (Å²) in [5.74, 6) is 1.49. The summed E-state index contributed by atoms with van der Waals surface area (Å²) in [5.41, 5.74) is 4.49. The Hall–Kier alpha value is -3.12. The molecule has 0 N–H and O–H groups in total. The zero-order valence-corrected chi connectivity index (χ0v) is 22.8. The van der Waals surface area contributed by atoms with Gasteiger partial charge in [0.25, 0.3) is 0 Å². The summed E-state index contributed by atoms with van der Waals surface area (Å²) in [6, 6.07) is 30.8. The molecule has 4 aromatic rings. The van der Waals surface area contributed by atoms with E-state index in [1.807, 2.05) is 42.5 Å². The monoisotopic (exact) mass is 530 g/mol. The summed E-state index contributed by atoms with van der Waals surface area (Å²) in [6.45, 7) is 2.83. The molecule has 1 aliphatic heterocycles. The second kappa shape index (κ2) is 12.0. The van der Waals surface area contributed by atoms with E-state index in [0.717, 1.165) is 63.4 Å². The van der Waals surface area contributed by atoms with Crippen molar-refractivity contribution in [3.63, 3.8) is 0 Å². The molecule has 5 rings (SSSR count). The summed E-state index contributed by atoms with van der Waals surface area (Å²) in [5, 5.41) is 0.740. The van der Waals surface area contributed by atoms with E-state index in [9.17, 15) is 0 Å². The lowest BCUT2D eigenvalue weighted by Gasteiger charge is -2.34. The molecule has 0 aromatic heterocycles. The first-order valence-electron chi connectivity index (χ1n) is 12.5. The van der Waals surface area contributed by atoms with E-state index in [1.54, 1.807) is 11.8 Å². The molecule has 0 aliphatic carbocycles. The van der Waals surface area contributed by atoms with E-state index in [2.05, 4.69) is 72.4 Å². The molecule has 0 bridgehead atoms. The fraction of sp³-hybridized carbons (Fsp3) is 0.226. The van der Waals surface area contributed by atoms with Crippen molar-refractivity contribution in [2.45, 2.75) is 29.4 Å². The minimum Gasteiger partial charge on any atom is -0.485 e. The number of rotatable bonds is 10. The molecule has 0 spiro atoms. The quantitative estimate of drug-likeness (QED) is 0.206. The molecule has 4 nitrogen and oxygen atoms in total. The van der Waals surface area contributed by atoms with E-state index in [1.165, 1.54) is 4.90 Å². The summed E-state index contributed by atoms with van der Waals surface area (Å²) in [7, 11) is 4.22. The average Bonchev–Trinajstić information content (AvgIpc) is 2.91. The molecule has 6 heteroatoms. The van der Waals surface area contributed by atoms with Crippen LogP contribution in [0.15, 0.2) is 101 Å². The maximum absolute atomic E-state index is 6.44. The smallest absolute Gasteiger partial charge is 0.163 e. The fourth-order valence-electron chi connectivity index (χ4n) is 4.34. The van der Waals surface area contributed by atoms with Crippen LogP contribution in [0.1, 0.15) is 17.5 Å². The van der Waals surface area contributed by atoms with Gasteiger partial charge in [0.15, 0.2) is 11.5 Å². The van der Waals surface area contributed by atoms with Gasteiger partial charge in [0.05, 0.1) is 11.4 Å². The molecule has 1 heterocycles. The van der Waals surface area contributed by atoms with Gasteiger partial charge in [-0.05, 0) is 56.4 Å². The van der Waals surface area contributed by atoms with Gasteiger partial charge in [-0.15, -0.1) is 0 Å². The summed E-state index contributed by atoms with van der Waals surface area (Å²) < 4.78 is 12.7. The number of fused-ring (bicyclic) bond motifs is 2. The van der Waals surface area contributed by atoms with Gasteiger partial charge in [-0.3, -0.25) is 0 Å². The van der Waals surface area contributed by atoms with E-state index in [-0.39, 0.29) is 0 Å². The molecular formula is C31H31ClN2O2S. The van der Waals surface area contributed by atoms with Crippen LogP contribution in [-0.4, -0.2) is 32.1 Å². The lowest BCUT2D eigenvalue weighted by Crippen LogP contribution is -2.25. The molecule has 37 heavy (non-hydrogen) atoms. The fourth-order valence-corrected chi connectivity index (χ4v) is 5.59. The van der Waals surface area contributed by atoms with Crippen molar-refractivity contribution in [2.24, 2.45) is 0 Å². The molecule has 0 radical (unpaired) electrons. The highest BCUT2D eigenvalue weighted by molar-refractivity contribution is 7.99. The lowest BCUT2D eigenvalue weighted by atomic mass is 10.2. The topological polar surface area (TPSA) is 24.9 Å². The Labute approximate surface area is 228 Å². The molecule has 0 atom stereocenters. The third-order valence-electron chi connectivity index (χ3n) is 6.21. The Balaban J connectivity index is 1.50. The molecule has 1 aliphatic rings. The third-order valence-corrected chi connectivity index (χ3v) is 7.56. The maximum Gasteiger partial charge on any atom is 0.163 e. The van der Waals surface area contributed by atoms with Gasteiger partial charge in [0.1, 0.15) is 13.2 Å². The first kappa shape index (κ1) is 25.5. The predicted octanol–water partition coefficient (Wildman–Crippen LogP) is 8.05. The molecule has 0 amide bonds. The van der Waals surface area contributed by atoms with Crippen LogP contribution in [0.25, 0.3) is 0 Å². The van der Waals surface area contributed by atoms with Crippen molar-refractivity contribution in [3.8, 4) is 11.5 Å². The van der Waals surface area contributed by atoms with Gasteiger partial charge in [-0.2, -0.15) is 0 Å². The van der Waals surface area contributed by atoms with Crippen LogP contribution >= 0.6 is 23.4 Å². The SMILES string of the molecule is CN(C)CCCN1c2cc(Cl)ccc2Sc2cc(OCc3ccccc3)c(OCc3ccccc3)cc21. The predicted molar refractivity (Wildman–Crippen MR) is 154 cm³/mol. The van der Waals surface area contributed by atoms with Crippen molar-refractivity contribution in [3.05, 3.63) is 107 Å². The van der Waals surface area contributed by atoms with Gasteiger partial charge in [0, 0.05) is 33.5 Å².